The number of methoxy groups -OCH3 is 2. The van der Waals surface area contributed by atoms with Crippen molar-refractivity contribution in [1.29, 1.82) is 0 Å². The molecular weight excluding hydrogens is 913 g/mol. The van der Waals surface area contributed by atoms with Gasteiger partial charge in [0.2, 0.25) is 0 Å². The van der Waals surface area contributed by atoms with Gasteiger partial charge in [0.1, 0.15) is 23.9 Å². The van der Waals surface area contributed by atoms with Crippen LogP contribution in [0.1, 0.15) is 74.8 Å². The number of H-pyrrole nitrogens is 1. The predicted octanol–water partition coefficient (Wildman–Crippen LogP) is 3.86. The summed E-state index contributed by atoms with van der Waals surface area (Å²) >= 11 is 0. The normalized spacial score (nSPS) is 33.5. The van der Waals surface area contributed by atoms with E-state index in [0.29, 0.717) is 99.0 Å². The predicted molar refractivity (Wildman–Crippen MR) is 259 cm³/mol. The fourth-order valence-corrected chi connectivity index (χ4v) is 15.5. The summed E-state index contributed by atoms with van der Waals surface area (Å²) in [5.74, 6) is -1.38. The quantitative estimate of drug-likeness (QED) is 0.0425. The molecule has 19 heteroatoms. The molecule has 1 aliphatic carbocycles. The highest BCUT2D eigenvalue weighted by atomic mass is 33.1. The smallest absolute Gasteiger partial charge is 0.426 e. The zero-order valence-electron chi connectivity index (χ0n) is 39.3. The molecular formula is C49H64N6O11S2. The molecule has 5 aliphatic heterocycles. The molecule has 68 heavy (non-hydrogen) atoms. The fraction of sp³-hybridized carbons (Fsp3) is 0.592. The van der Waals surface area contributed by atoms with E-state index in [2.05, 4.69) is 31.7 Å². The van der Waals surface area contributed by atoms with E-state index in [9.17, 15) is 29.7 Å². The first kappa shape index (κ1) is 48.5. The van der Waals surface area contributed by atoms with Crippen LogP contribution in [-0.4, -0.2) is 161 Å². The van der Waals surface area contributed by atoms with Gasteiger partial charge in [-0.05, 0) is 74.2 Å². The molecule has 368 valence electrons. The molecule has 1 spiro atoms. The molecule has 7 N–H and O–H groups in total. The van der Waals surface area contributed by atoms with Crippen molar-refractivity contribution in [1.82, 2.24) is 25.6 Å². The number of fused-ring (bicyclic) bond motifs is 6. The third-order valence-corrected chi connectivity index (χ3v) is 18.7. The standard InChI is InChI=1S/C49H64N6O11S2/c1-6-45(62)25-29-26-48(43(60)65-5,38-31(13-18-54(27-29)28-45)30-11-8-9-12-34(30)50-38)33-23-32-35(24-36(33)64-4)53(3)40-47(32)16-19-55-17-10-15-46(7-2,39(47)55)41(58)49(40,63)42(59)51-52-44(61)66-20-22-68-67-21-14-37(56)57/h8-12,15,23-24,29,39-41,50,58,62-63H,6-7,13-14,16-22,25-28H2,1-5H3,(H,51,59)(H,52,61)(H,56,57)/t29?,39-,40+,41+,45-,46+,47+,48-,49-/m0/s1. The Morgan fingerprint density at radius 2 is 1.75 bits per heavy atom. The summed E-state index contributed by atoms with van der Waals surface area (Å²) in [6, 6.07) is 10.5. The number of hydrogen-bond donors (Lipinski definition) is 7. The van der Waals surface area contributed by atoms with Crippen LogP contribution in [0.2, 0.25) is 0 Å². The SMILES string of the molecule is CC[C@]1(O)CC2CN(CCc3c([nH]c4ccccc34)[C@@](C(=O)OC)(c3cc4c(cc3OC)N(C)[C@H]3[C@@](O)(C(=O)NNC(=O)OCCSSCCC(=O)O)[C@H](O)[C@]5(CC)C=CCN6CC[C@]43[C@@H]65)C2)C1. The van der Waals surface area contributed by atoms with Gasteiger partial charge in [0.05, 0.1) is 32.3 Å². The summed E-state index contributed by atoms with van der Waals surface area (Å²) in [6.45, 7) is 6.97. The number of carboxylic acid groups (broad SMARTS) is 1. The van der Waals surface area contributed by atoms with Crippen LogP contribution >= 0.6 is 21.6 Å². The number of rotatable bonds is 13. The van der Waals surface area contributed by atoms with Crippen molar-refractivity contribution >= 4 is 62.1 Å². The van der Waals surface area contributed by atoms with Gasteiger partial charge < -0.3 is 44.5 Å². The van der Waals surface area contributed by atoms with Crippen molar-refractivity contribution in [3.05, 3.63) is 70.9 Å². The van der Waals surface area contributed by atoms with Gasteiger partial charge in [-0.3, -0.25) is 29.6 Å². The second-order valence-electron chi connectivity index (χ2n) is 19.6. The molecule has 0 radical (unpaired) electrons. The van der Waals surface area contributed by atoms with Crippen LogP contribution in [0.4, 0.5) is 10.5 Å². The molecule has 2 bridgehead atoms. The number of amides is 2. The number of hydrogen-bond acceptors (Lipinski definition) is 15. The number of aromatic amines is 1. The number of hydrazine groups is 1. The second-order valence-corrected chi connectivity index (χ2v) is 22.3. The summed E-state index contributed by atoms with van der Waals surface area (Å²) in [6.07, 6.45) is 4.09. The Morgan fingerprint density at radius 1 is 0.971 bits per heavy atom. The van der Waals surface area contributed by atoms with Crippen LogP contribution < -0.4 is 20.5 Å². The van der Waals surface area contributed by atoms with E-state index in [0.717, 1.165) is 22.0 Å². The van der Waals surface area contributed by atoms with Crippen LogP contribution in [0, 0.1) is 11.3 Å². The summed E-state index contributed by atoms with van der Waals surface area (Å²) in [5.41, 5.74) is 2.12. The number of likely N-dealkylation sites (N-methyl/N-ethyl adjacent to an activating group) is 1. The topological polar surface area (TPSA) is 226 Å². The molecule has 2 aromatic carbocycles. The van der Waals surface area contributed by atoms with Crippen LogP contribution in [0.15, 0.2) is 48.6 Å². The van der Waals surface area contributed by atoms with Gasteiger partial charge in [-0.15, -0.1) is 0 Å². The number of benzene rings is 2. The van der Waals surface area contributed by atoms with Crippen LogP contribution in [0.25, 0.3) is 10.9 Å². The molecule has 3 fully saturated rings. The van der Waals surface area contributed by atoms with E-state index >= 15 is 4.79 Å². The van der Waals surface area contributed by atoms with E-state index in [1.807, 2.05) is 61.2 Å². The molecule has 17 nitrogen and oxygen atoms in total. The van der Waals surface area contributed by atoms with Gasteiger partial charge in [-0.2, -0.15) is 0 Å². The number of aliphatic hydroxyl groups is 3. The molecule has 6 heterocycles. The minimum Gasteiger partial charge on any atom is -0.496 e. The van der Waals surface area contributed by atoms with Crippen LogP contribution in [0.5, 0.6) is 5.75 Å². The first-order valence-corrected chi connectivity index (χ1v) is 26.2. The van der Waals surface area contributed by atoms with E-state index in [1.165, 1.54) is 28.7 Å². The number of aromatic nitrogens is 1. The maximum atomic E-state index is 15.4. The Kier molecular flexibility index (Phi) is 13.1. The minimum absolute atomic E-state index is 0.00943. The van der Waals surface area contributed by atoms with Gasteiger partial charge in [-0.25, -0.2) is 10.2 Å². The van der Waals surface area contributed by atoms with Crippen molar-refractivity contribution in [3.8, 4) is 5.75 Å². The highest BCUT2D eigenvalue weighted by molar-refractivity contribution is 8.76. The Hall–Kier alpha value is -4.50. The summed E-state index contributed by atoms with van der Waals surface area (Å²) in [5, 5.41) is 48.1. The number of anilines is 1. The molecule has 9 rings (SSSR count). The number of esters is 1. The number of aliphatic hydroxyl groups excluding tert-OH is 1. The third kappa shape index (κ3) is 7.39. The van der Waals surface area contributed by atoms with Crippen molar-refractivity contribution in [2.45, 2.75) is 99.0 Å². The monoisotopic (exact) mass is 976 g/mol. The van der Waals surface area contributed by atoms with Crippen LogP contribution in [0.3, 0.4) is 0 Å². The molecule has 1 saturated carbocycles. The fourth-order valence-electron chi connectivity index (χ4n) is 13.7. The van der Waals surface area contributed by atoms with Crippen molar-refractivity contribution < 1.29 is 53.8 Å². The number of piperidine rings is 1. The number of nitrogens with one attached hydrogen (secondary N) is 3. The largest absolute Gasteiger partial charge is 0.496 e. The van der Waals surface area contributed by atoms with Crippen molar-refractivity contribution in [3.63, 3.8) is 0 Å². The second kappa shape index (κ2) is 18.4. The number of carbonyl (C=O) groups excluding carboxylic acids is 3. The van der Waals surface area contributed by atoms with E-state index < -0.39 is 69.6 Å². The van der Waals surface area contributed by atoms with Gasteiger partial charge in [-0.1, -0.05) is 65.8 Å². The van der Waals surface area contributed by atoms with Crippen molar-refractivity contribution in [2.75, 3.05) is 77.0 Å². The van der Waals surface area contributed by atoms with E-state index in [4.69, 9.17) is 19.3 Å². The lowest BCUT2D eigenvalue weighted by Crippen LogP contribution is -2.82. The number of para-hydroxylation sites is 1. The summed E-state index contributed by atoms with van der Waals surface area (Å²) < 4.78 is 17.6. The zero-order chi connectivity index (χ0) is 48.4. The van der Waals surface area contributed by atoms with Gasteiger partial charge in [0, 0.05) is 95.5 Å². The Bertz CT molecular complexity index is 2510. The summed E-state index contributed by atoms with van der Waals surface area (Å²) in [4.78, 5) is 64.3. The minimum atomic E-state index is -2.53. The molecule has 3 aromatic rings. The maximum Gasteiger partial charge on any atom is 0.426 e. The Balaban J connectivity index is 1.18. The lowest BCUT2D eigenvalue weighted by Gasteiger charge is -2.63. The number of ether oxygens (including phenoxy) is 3. The molecule has 1 aromatic heterocycles. The van der Waals surface area contributed by atoms with E-state index in [-0.39, 0.29) is 25.4 Å². The average Bonchev–Trinajstić information content (AvgIpc) is 4.00. The highest BCUT2D eigenvalue weighted by Gasteiger charge is 2.79. The zero-order valence-corrected chi connectivity index (χ0v) is 41.0. The Labute approximate surface area is 404 Å². The van der Waals surface area contributed by atoms with Gasteiger partial charge in [0.25, 0.3) is 5.91 Å². The first-order chi connectivity index (χ1) is 32.6. The molecule has 10 atom stereocenters. The first-order valence-electron chi connectivity index (χ1n) is 23.7. The third-order valence-electron chi connectivity index (χ3n) is 16.4. The molecule has 6 aliphatic rings. The molecule has 2 unspecified atom stereocenters. The summed E-state index contributed by atoms with van der Waals surface area (Å²) in [7, 11) is 7.46. The van der Waals surface area contributed by atoms with Gasteiger partial charge >= 0.3 is 18.0 Å². The number of nitrogens with zero attached hydrogens (tertiary/aromatic N) is 3. The maximum absolute atomic E-state index is 15.4. The Morgan fingerprint density at radius 3 is 2.49 bits per heavy atom. The van der Waals surface area contributed by atoms with Gasteiger partial charge in [0.15, 0.2) is 5.60 Å². The van der Waals surface area contributed by atoms with E-state index in [1.54, 1.807) is 14.2 Å². The lowest BCUT2D eigenvalue weighted by atomic mass is 9.47. The number of carbonyl (C=O) groups is 4. The van der Waals surface area contributed by atoms with Crippen LogP contribution in [-0.2, 0) is 41.1 Å². The highest BCUT2D eigenvalue weighted by Crippen LogP contribution is 2.67. The van der Waals surface area contributed by atoms with Crippen molar-refractivity contribution in [2.24, 2.45) is 11.3 Å². The molecule has 2 amide bonds. The molecule has 2 saturated heterocycles. The lowest BCUT2D eigenvalue weighted by molar-refractivity contribution is -0.204. The number of carboxylic acids is 1. The average molecular weight is 977 g/mol. The number of aliphatic carboxylic acids is 1.